The van der Waals surface area contributed by atoms with Gasteiger partial charge in [-0.05, 0) is 45.0 Å². The van der Waals surface area contributed by atoms with E-state index >= 15 is 0 Å². The van der Waals surface area contributed by atoms with Crippen LogP contribution in [0.2, 0.25) is 0 Å². The third-order valence-electron chi connectivity index (χ3n) is 2.24. The van der Waals surface area contributed by atoms with Gasteiger partial charge in [-0.15, -0.1) is 0 Å². The summed E-state index contributed by atoms with van der Waals surface area (Å²) in [7, 11) is 2.00. The van der Waals surface area contributed by atoms with Gasteiger partial charge in [0.05, 0.1) is 0 Å². The first-order valence-electron chi connectivity index (χ1n) is 4.47. The van der Waals surface area contributed by atoms with Crippen LogP contribution in [0, 0.1) is 0 Å². The Kier molecular flexibility index (Phi) is 3.51. The third-order valence-corrected chi connectivity index (χ3v) is 2.76. The summed E-state index contributed by atoms with van der Waals surface area (Å²) in [5.74, 6) is 0. The molecule has 1 aromatic rings. The minimum absolute atomic E-state index is 0.174. The first kappa shape index (κ1) is 10.7. The van der Waals surface area contributed by atoms with Crippen LogP contribution >= 0.6 is 15.9 Å². The molecule has 2 heteroatoms. The summed E-state index contributed by atoms with van der Waals surface area (Å²) in [5, 5.41) is 3.29. The Labute approximate surface area is 88.7 Å². The van der Waals surface area contributed by atoms with Crippen molar-refractivity contribution < 1.29 is 0 Å². The Morgan fingerprint density at radius 2 is 1.77 bits per heavy atom. The standard InChI is InChI=1S/C11H16BrN/c1-11(2,13-3)8-9-4-6-10(12)7-5-9/h4-7,13H,8H2,1-3H3. The van der Waals surface area contributed by atoms with Crippen LogP contribution in [0.5, 0.6) is 0 Å². The largest absolute Gasteiger partial charge is 0.314 e. The lowest BCUT2D eigenvalue weighted by atomic mass is 9.95. The molecule has 0 heterocycles. The van der Waals surface area contributed by atoms with Gasteiger partial charge in [0, 0.05) is 10.0 Å². The number of likely N-dealkylation sites (N-methyl/N-ethyl adjacent to an activating group) is 1. The van der Waals surface area contributed by atoms with E-state index in [0.29, 0.717) is 0 Å². The normalized spacial score (nSPS) is 11.7. The van der Waals surface area contributed by atoms with Crippen LogP contribution in [0.3, 0.4) is 0 Å². The molecule has 0 radical (unpaired) electrons. The van der Waals surface area contributed by atoms with E-state index in [1.165, 1.54) is 5.56 Å². The van der Waals surface area contributed by atoms with Crippen molar-refractivity contribution in [1.29, 1.82) is 0 Å². The van der Waals surface area contributed by atoms with E-state index in [-0.39, 0.29) is 5.54 Å². The SMILES string of the molecule is CNC(C)(C)Cc1ccc(Br)cc1. The fourth-order valence-corrected chi connectivity index (χ4v) is 1.47. The Balaban J connectivity index is 2.69. The topological polar surface area (TPSA) is 12.0 Å². The van der Waals surface area contributed by atoms with Gasteiger partial charge in [0.1, 0.15) is 0 Å². The second-order valence-electron chi connectivity index (χ2n) is 3.94. The molecule has 0 amide bonds. The van der Waals surface area contributed by atoms with Crippen molar-refractivity contribution in [3.05, 3.63) is 34.3 Å². The second-order valence-corrected chi connectivity index (χ2v) is 4.85. The monoisotopic (exact) mass is 241 g/mol. The van der Waals surface area contributed by atoms with Gasteiger partial charge in [0.15, 0.2) is 0 Å². The van der Waals surface area contributed by atoms with Crippen LogP contribution in [-0.4, -0.2) is 12.6 Å². The lowest BCUT2D eigenvalue weighted by Crippen LogP contribution is -2.38. The van der Waals surface area contributed by atoms with Crippen LogP contribution in [0.1, 0.15) is 19.4 Å². The lowest BCUT2D eigenvalue weighted by molar-refractivity contribution is 0.422. The highest BCUT2D eigenvalue weighted by Gasteiger charge is 2.14. The summed E-state index contributed by atoms with van der Waals surface area (Å²) in [6.07, 6.45) is 1.05. The molecule has 72 valence electrons. The van der Waals surface area contributed by atoms with Gasteiger partial charge >= 0.3 is 0 Å². The fourth-order valence-electron chi connectivity index (χ4n) is 1.20. The van der Waals surface area contributed by atoms with Crippen molar-refractivity contribution in [3.63, 3.8) is 0 Å². The minimum atomic E-state index is 0.174. The quantitative estimate of drug-likeness (QED) is 0.859. The van der Waals surface area contributed by atoms with Gasteiger partial charge in [0.2, 0.25) is 0 Å². The molecule has 0 fully saturated rings. The van der Waals surface area contributed by atoms with Crippen molar-refractivity contribution in [1.82, 2.24) is 5.32 Å². The first-order valence-corrected chi connectivity index (χ1v) is 5.26. The molecule has 0 saturated carbocycles. The van der Waals surface area contributed by atoms with Gasteiger partial charge in [-0.25, -0.2) is 0 Å². The van der Waals surface area contributed by atoms with Crippen LogP contribution < -0.4 is 5.32 Å². The van der Waals surface area contributed by atoms with Crippen LogP contribution in [0.25, 0.3) is 0 Å². The zero-order valence-electron chi connectivity index (χ0n) is 8.39. The van der Waals surface area contributed by atoms with E-state index in [1.807, 2.05) is 7.05 Å². The molecule has 0 spiro atoms. The number of nitrogens with one attached hydrogen (secondary N) is 1. The van der Waals surface area contributed by atoms with E-state index in [4.69, 9.17) is 0 Å². The van der Waals surface area contributed by atoms with Crippen LogP contribution in [0.15, 0.2) is 28.7 Å². The van der Waals surface area contributed by atoms with E-state index in [2.05, 4.69) is 59.4 Å². The van der Waals surface area contributed by atoms with Crippen molar-refractivity contribution >= 4 is 15.9 Å². The first-order chi connectivity index (χ1) is 6.03. The van der Waals surface area contributed by atoms with Crippen molar-refractivity contribution in [2.75, 3.05) is 7.05 Å². The highest BCUT2D eigenvalue weighted by atomic mass is 79.9. The third kappa shape index (κ3) is 3.49. The maximum atomic E-state index is 3.43. The minimum Gasteiger partial charge on any atom is -0.314 e. The van der Waals surface area contributed by atoms with E-state index in [9.17, 15) is 0 Å². The van der Waals surface area contributed by atoms with Crippen molar-refractivity contribution in [3.8, 4) is 0 Å². The molecule has 0 bridgehead atoms. The fraction of sp³-hybridized carbons (Fsp3) is 0.455. The maximum absolute atomic E-state index is 3.43. The average Bonchev–Trinajstić information content (AvgIpc) is 2.09. The smallest absolute Gasteiger partial charge is 0.0175 e. The summed E-state index contributed by atoms with van der Waals surface area (Å²) < 4.78 is 1.14. The Bertz CT molecular complexity index is 264. The summed E-state index contributed by atoms with van der Waals surface area (Å²) in [5.41, 5.74) is 1.54. The number of rotatable bonds is 3. The average molecular weight is 242 g/mol. The van der Waals surface area contributed by atoms with E-state index in [1.54, 1.807) is 0 Å². The van der Waals surface area contributed by atoms with Crippen LogP contribution in [0.4, 0.5) is 0 Å². The van der Waals surface area contributed by atoms with Crippen molar-refractivity contribution in [2.45, 2.75) is 25.8 Å². The number of hydrogen-bond donors (Lipinski definition) is 1. The number of benzene rings is 1. The molecule has 1 N–H and O–H groups in total. The summed E-state index contributed by atoms with van der Waals surface area (Å²) in [6, 6.07) is 8.48. The van der Waals surface area contributed by atoms with Gasteiger partial charge < -0.3 is 5.32 Å². The summed E-state index contributed by atoms with van der Waals surface area (Å²) >= 11 is 3.43. The molecule has 0 aromatic heterocycles. The molecule has 0 aliphatic rings. The molecule has 0 saturated heterocycles. The maximum Gasteiger partial charge on any atom is 0.0175 e. The van der Waals surface area contributed by atoms with E-state index < -0.39 is 0 Å². The summed E-state index contributed by atoms with van der Waals surface area (Å²) in [6.45, 7) is 4.41. The zero-order chi connectivity index (χ0) is 9.90. The Morgan fingerprint density at radius 1 is 1.23 bits per heavy atom. The van der Waals surface area contributed by atoms with Gasteiger partial charge in [-0.3, -0.25) is 0 Å². The number of hydrogen-bond acceptors (Lipinski definition) is 1. The molecule has 0 aliphatic carbocycles. The molecule has 1 nitrogen and oxygen atoms in total. The molecule has 0 aliphatic heterocycles. The summed E-state index contributed by atoms with van der Waals surface area (Å²) in [4.78, 5) is 0. The van der Waals surface area contributed by atoms with Gasteiger partial charge in [-0.1, -0.05) is 28.1 Å². The Hall–Kier alpha value is -0.340. The van der Waals surface area contributed by atoms with Crippen LogP contribution in [-0.2, 0) is 6.42 Å². The predicted octanol–water partition coefficient (Wildman–Crippen LogP) is 2.99. The second kappa shape index (κ2) is 4.25. The molecule has 0 unspecified atom stereocenters. The van der Waals surface area contributed by atoms with E-state index in [0.717, 1.165) is 10.9 Å². The molecular formula is C11H16BrN. The van der Waals surface area contributed by atoms with Crippen molar-refractivity contribution in [2.24, 2.45) is 0 Å². The molecule has 0 atom stereocenters. The molecular weight excluding hydrogens is 226 g/mol. The molecule has 1 rings (SSSR count). The highest BCUT2D eigenvalue weighted by Crippen LogP contribution is 2.15. The number of halogens is 1. The van der Waals surface area contributed by atoms with Gasteiger partial charge in [0.25, 0.3) is 0 Å². The zero-order valence-corrected chi connectivity index (χ0v) is 9.98. The highest BCUT2D eigenvalue weighted by molar-refractivity contribution is 9.10. The lowest BCUT2D eigenvalue weighted by Gasteiger charge is -2.23. The van der Waals surface area contributed by atoms with Gasteiger partial charge in [-0.2, -0.15) is 0 Å². The molecule has 13 heavy (non-hydrogen) atoms. The molecule has 1 aromatic carbocycles. The predicted molar refractivity (Wildman–Crippen MR) is 61.0 cm³/mol. The Morgan fingerprint density at radius 3 is 2.23 bits per heavy atom.